The molecule has 2 fully saturated rings. The van der Waals surface area contributed by atoms with Gasteiger partial charge in [-0.05, 0) is 0 Å². The van der Waals surface area contributed by atoms with E-state index in [1.807, 2.05) is 0 Å². The maximum atomic E-state index is 1.59. The molecule has 0 heterocycles. The molecular weight excluding hydrogens is 147 g/mol. The van der Waals surface area contributed by atoms with E-state index >= 15 is 0 Å². The molecule has 60 valence electrons. The summed E-state index contributed by atoms with van der Waals surface area (Å²) in [6, 6.07) is 0. The zero-order valence-corrected chi connectivity index (χ0v) is 8.54. The molecule has 0 atom stereocenters. The first-order chi connectivity index (χ1) is 5.45. The summed E-state index contributed by atoms with van der Waals surface area (Å²) in [6.45, 7) is 0. The van der Waals surface area contributed by atoms with Gasteiger partial charge < -0.3 is 0 Å². The molecule has 2 aliphatic rings. The van der Waals surface area contributed by atoms with Crippen LogP contribution in [-0.4, -0.2) is 15.2 Å². The van der Waals surface area contributed by atoms with Crippen molar-refractivity contribution < 1.29 is 0 Å². The summed E-state index contributed by atoms with van der Waals surface area (Å²) >= 11 is 0.852. The van der Waals surface area contributed by atoms with Crippen molar-refractivity contribution in [3.05, 3.63) is 0 Å². The topological polar surface area (TPSA) is 0 Å². The predicted molar refractivity (Wildman–Crippen MR) is 50.2 cm³/mol. The molecule has 11 heavy (non-hydrogen) atoms. The van der Waals surface area contributed by atoms with Crippen LogP contribution in [0.25, 0.3) is 0 Å². The average molecular weight is 165 g/mol. The third kappa shape index (κ3) is 2.23. The van der Waals surface area contributed by atoms with Gasteiger partial charge in [0.05, 0.1) is 0 Å². The van der Waals surface area contributed by atoms with Crippen molar-refractivity contribution in [2.45, 2.75) is 60.9 Å². The van der Waals surface area contributed by atoms with E-state index in [9.17, 15) is 0 Å². The van der Waals surface area contributed by atoms with Gasteiger partial charge in [-0.25, -0.2) is 0 Å². The van der Waals surface area contributed by atoms with Crippen molar-refractivity contribution in [1.82, 2.24) is 0 Å². The molecule has 0 radical (unpaired) electrons. The van der Waals surface area contributed by atoms with Crippen LogP contribution in [0.1, 0.15) is 51.4 Å². The van der Waals surface area contributed by atoms with Crippen LogP contribution in [0.3, 0.4) is 0 Å². The molecule has 2 aliphatic carbocycles. The van der Waals surface area contributed by atoms with Crippen molar-refractivity contribution in [1.29, 1.82) is 0 Å². The van der Waals surface area contributed by atoms with Crippen LogP contribution in [0, 0.1) is 0 Å². The van der Waals surface area contributed by atoms with Crippen LogP contribution < -0.4 is 0 Å². The molecule has 0 saturated heterocycles. The summed E-state index contributed by atoms with van der Waals surface area (Å²) in [4.78, 5) is 0. The standard InChI is InChI=1S/2C5H9.Al/c2*1-2-4-5-3-1;/h2*1H,2-5H2;/q;;+1. The fourth-order valence-electron chi connectivity index (χ4n) is 2.68. The third-order valence-electron chi connectivity index (χ3n) is 3.34. The first-order valence-electron chi connectivity index (χ1n) is 5.30. The van der Waals surface area contributed by atoms with Crippen molar-refractivity contribution >= 4 is 15.2 Å². The summed E-state index contributed by atoms with van der Waals surface area (Å²) in [5.41, 5.74) is 0. The van der Waals surface area contributed by atoms with E-state index < -0.39 is 0 Å². The molecule has 0 spiro atoms. The van der Waals surface area contributed by atoms with E-state index in [2.05, 4.69) is 0 Å². The molecule has 0 aliphatic heterocycles. The molecule has 0 aromatic carbocycles. The molecule has 0 aromatic rings. The maximum absolute atomic E-state index is 1.59. The molecule has 0 bridgehead atoms. The van der Waals surface area contributed by atoms with E-state index in [1.54, 1.807) is 51.4 Å². The minimum atomic E-state index is 0.852. The summed E-state index contributed by atoms with van der Waals surface area (Å²) in [5.74, 6) is 0. The Morgan fingerprint density at radius 1 is 0.636 bits per heavy atom. The van der Waals surface area contributed by atoms with Gasteiger partial charge in [0, 0.05) is 0 Å². The molecule has 2 rings (SSSR count). The summed E-state index contributed by atoms with van der Waals surface area (Å²) in [7, 11) is 0. The Morgan fingerprint density at radius 2 is 1.00 bits per heavy atom. The third-order valence-corrected chi connectivity index (χ3v) is 5.77. The number of hydrogen-bond donors (Lipinski definition) is 0. The molecule has 2 saturated carbocycles. The van der Waals surface area contributed by atoms with E-state index in [1.165, 1.54) is 9.56 Å². The number of hydrogen-bond acceptors (Lipinski definition) is 0. The van der Waals surface area contributed by atoms with Crippen LogP contribution in [0.4, 0.5) is 0 Å². The van der Waals surface area contributed by atoms with Crippen molar-refractivity contribution in [3.8, 4) is 0 Å². The van der Waals surface area contributed by atoms with Gasteiger partial charge >= 0.3 is 76.1 Å². The molecule has 0 aromatic heterocycles. The first kappa shape index (κ1) is 8.15. The Labute approximate surface area is 76.5 Å². The fourth-order valence-corrected chi connectivity index (χ4v) is 5.17. The van der Waals surface area contributed by atoms with E-state index in [0.717, 1.165) is 15.2 Å². The van der Waals surface area contributed by atoms with Crippen LogP contribution >= 0.6 is 0 Å². The van der Waals surface area contributed by atoms with Crippen LogP contribution in [0.2, 0.25) is 9.56 Å². The van der Waals surface area contributed by atoms with Crippen LogP contribution in [0.5, 0.6) is 0 Å². The Morgan fingerprint density at radius 3 is 1.36 bits per heavy atom. The minimum absolute atomic E-state index is 0.852. The normalized spacial score (nSPS) is 27.6. The van der Waals surface area contributed by atoms with Gasteiger partial charge in [-0.3, -0.25) is 0 Å². The summed E-state index contributed by atoms with van der Waals surface area (Å²) in [5, 5.41) is 0. The zero-order chi connectivity index (χ0) is 7.52. The second-order valence-corrected chi connectivity index (χ2v) is 6.55. The van der Waals surface area contributed by atoms with E-state index in [-0.39, 0.29) is 0 Å². The molecule has 0 nitrogen and oxygen atoms in total. The Bertz CT molecular complexity index is 96.0. The second-order valence-electron chi connectivity index (χ2n) is 4.28. The quantitative estimate of drug-likeness (QED) is 0.550. The van der Waals surface area contributed by atoms with Crippen molar-refractivity contribution in [2.75, 3.05) is 0 Å². The molecule has 0 N–H and O–H groups in total. The van der Waals surface area contributed by atoms with E-state index in [0.29, 0.717) is 0 Å². The van der Waals surface area contributed by atoms with Gasteiger partial charge in [-0.1, -0.05) is 0 Å². The average Bonchev–Trinajstić information content (AvgIpc) is 2.60. The van der Waals surface area contributed by atoms with Gasteiger partial charge in [0.15, 0.2) is 0 Å². The van der Waals surface area contributed by atoms with Crippen LogP contribution in [-0.2, 0) is 0 Å². The Kier molecular flexibility index (Phi) is 2.94. The van der Waals surface area contributed by atoms with Crippen LogP contribution in [0.15, 0.2) is 0 Å². The van der Waals surface area contributed by atoms with Gasteiger partial charge in [-0.15, -0.1) is 0 Å². The van der Waals surface area contributed by atoms with Gasteiger partial charge in [-0.2, -0.15) is 0 Å². The Balaban J connectivity index is 1.71. The fraction of sp³-hybridized carbons (Fsp3) is 1.00. The second kappa shape index (κ2) is 3.97. The molecule has 1 heteroatoms. The van der Waals surface area contributed by atoms with Gasteiger partial charge in [0.1, 0.15) is 0 Å². The molecular formula is C10H18Al+. The SMILES string of the molecule is C1CC[CH]([Al+][CH]2CCCC2)C1. The summed E-state index contributed by atoms with van der Waals surface area (Å²) in [6.07, 6.45) is 12.5. The van der Waals surface area contributed by atoms with Gasteiger partial charge in [0.2, 0.25) is 0 Å². The summed E-state index contributed by atoms with van der Waals surface area (Å²) < 4.78 is 2.44. The number of rotatable bonds is 2. The first-order valence-corrected chi connectivity index (χ1v) is 6.63. The Hall–Kier alpha value is 0.532. The van der Waals surface area contributed by atoms with Crippen molar-refractivity contribution in [2.24, 2.45) is 0 Å². The molecule has 0 amide bonds. The predicted octanol–water partition coefficient (Wildman–Crippen LogP) is 3.42. The van der Waals surface area contributed by atoms with Gasteiger partial charge in [0.25, 0.3) is 0 Å². The van der Waals surface area contributed by atoms with Crippen molar-refractivity contribution in [3.63, 3.8) is 0 Å². The monoisotopic (exact) mass is 165 g/mol. The van der Waals surface area contributed by atoms with E-state index in [4.69, 9.17) is 0 Å². The zero-order valence-electron chi connectivity index (χ0n) is 7.39. The molecule has 0 unspecified atom stereocenters.